The summed E-state index contributed by atoms with van der Waals surface area (Å²) in [5.74, 6) is 0.364. The number of carbonyl (C=O) groups excluding carboxylic acids is 1. The number of aromatic nitrogens is 1. The van der Waals surface area contributed by atoms with Gasteiger partial charge in [-0.2, -0.15) is 4.99 Å². The third kappa shape index (κ3) is 4.99. The molecule has 0 saturated carbocycles. The fourth-order valence-corrected chi connectivity index (χ4v) is 5.34. The van der Waals surface area contributed by atoms with Crippen molar-refractivity contribution in [2.45, 2.75) is 18.7 Å². The van der Waals surface area contributed by atoms with Crippen LogP contribution in [0.1, 0.15) is 22.8 Å². The van der Waals surface area contributed by atoms with Crippen molar-refractivity contribution >= 4 is 43.2 Å². The summed E-state index contributed by atoms with van der Waals surface area (Å²) in [5, 5.41) is 0. The Morgan fingerprint density at radius 2 is 1.76 bits per heavy atom. The molecule has 0 fully saturated rings. The Labute approximate surface area is 196 Å². The molecule has 33 heavy (non-hydrogen) atoms. The van der Waals surface area contributed by atoms with Gasteiger partial charge in [0.2, 0.25) is 0 Å². The molecule has 0 aliphatic rings. The molecular weight excluding hydrogens is 458 g/mol. The van der Waals surface area contributed by atoms with Gasteiger partial charge in [0.15, 0.2) is 4.80 Å². The van der Waals surface area contributed by atoms with E-state index in [1.165, 1.54) is 11.3 Å². The van der Waals surface area contributed by atoms with Crippen LogP contribution in [0.25, 0.3) is 10.2 Å². The number of thiazole rings is 1. The maximum atomic E-state index is 12.7. The number of aryl methyl sites for hydroxylation is 2. The lowest BCUT2D eigenvalue weighted by atomic mass is 10.2. The van der Waals surface area contributed by atoms with Crippen LogP contribution in [0.3, 0.4) is 0 Å². The molecular formula is C24H23N3O4S2. The molecule has 1 N–H and O–H groups in total. The van der Waals surface area contributed by atoms with Crippen LogP contribution >= 0.6 is 11.3 Å². The van der Waals surface area contributed by atoms with Crippen molar-refractivity contribution in [2.75, 3.05) is 11.3 Å². The molecule has 7 nitrogen and oxygen atoms in total. The predicted molar refractivity (Wildman–Crippen MR) is 130 cm³/mol. The number of benzene rings is 3. The topological polar surface area (TPSA) is 89.8 Å². The van der Waals surface area contributed by atoms with Crippen molar-refractivity contribution in [3.05, 3.63) is 82.7 Å². The van der Waals surface area contributed by atoms with Gasteiger partial charge in [-0.15, -0.1) is 0 Å². The van der Waals surface area contributed by atoms with Crippen LogP contribution in [-0.2, 0) is 17.1 Å². The van der Waals surface area contributed by atoms with Gasteiger partial charge in [-0.25, -0.2) is 8.42 Å². The van der Waals surface area contributed by atoms with Crippen molar-refractivity contribution in [2.24, 2.45) is 12.0 Å². The molecule has 0 radical (unpaired) electrons. The number of rotatable bonds is 6. The van der Waals surface area contributed by atoms with Crippen molar-refractivity contribution in [3.8, 4) is 5.75 Å². The molecule has 4 rings (SSSR count). The van der Waals surface area contributed by atoms with E-state index < -0.39 is 15.9 Å². The van der Waals surface area contributed by atoms with E-state index >= 15 is 0 Å². The van der Waals surface area contributed by atoms with Crippen molar-refractivity contribution in [1.82, 2.24) is 4.57 Å². The molecule has 0 aliphatic carbocycles. The Morgan fingerprint density at radius 1 is 1.06 bits per heavy atom. The lowest BCUT2D eigenvalue weighted by Crippen LogP contribution is -2.14. The maximum absolute atomic E-state index is 12.7. The van der Waals surface area contributed by atoms with Gasteiger partial charge in [0, 0.05) is 18.3 Å². The SMILES string of the molecule is CCOc1ccc2c(c1)sc(=NC(=O)c1ccc(NS(=O)(=O)c3ccc(C)cc3)cc1)n2C. The Kier molecular flexibility index (Phi) is 6.35. The van der Waals surface area contributed by atoms with Crippen molar-refractivity contribution in [1.29, 1.82) is 0 Å². The molecule has 0 bridgehead atoms. The summed E-state index contributed by atoms with van der Waals surface area (Å²) in [4.78, 5) is 17.7. The molecule has 0 spiro atoms. The van der Waals surface area contributed by atoms with E-state index in [-0.39, 0.29) is 4.90 Å². The summed E-state index contributed by atoms with van der Waals surface area (Å²) in [6.07, 6.45) is 0. The van der Waals surface area contributed by atoms with Crippen molar-refractivity contribution in [3.63, 3.8) is 0 Å². The van der Waals surface area contributed by atoms with E-state index in [9.17, 15) is 13.2 Å². The highest BCUT2D eigenvalue weighted by Gasteiger charge is 2.14. The minimum atomic E-state index is -3.71. The van der Waals surface area contributed by atoms with Gasteiger partial charge in [-0.3, -0.25) is 9.52 Å². The standard InChI is InChI=1S/C24H23N3O4S2/c1-4-31-19-11-14-21-22(15-19)32-24(27(21)3)25-23(28)17-7-9-18(10-8-17)26-33(29,30)20-12-5-16(2)6-13-20/h5-15,26H,4H2,1-3H3. The lowest BCUT2D eigenvalue weighted by molar-refractivity contribution is 0.0998. The second-order valence-electron chi connectivity index (χ2n) is 7.42. The lowest BCUT2D eigenvalue weighted by Gasteiger charge is -2.08. The number of hydrogen-bond donors (Lipinski definition) is 1. The van der Waals surface area contributed by atoms with Gasteiger partial charge >= 0.3 is 0 Å². The summed E-state index contributed by atoms with van der Waals surface area (Å²) in [6.45, 7) is 4.40. The fourth-order valence-electron chi connectivity index (χ4n) is 3.24. The molecule has 1 heterocycles. The monoisotopic (exact) mass is 481 g/mol. The van der Waals surface area contributed by atoms with Gasteiger partial charge < -0.3 is 9.30 Å². The van der Waals surface area contributed by atoms with Gasteiger partial charge in [-0.1, -0.05) is 29.0 Å². The number of anilines is 1. The number of nitrogens with zero attached hydrogens (tertiary/aromatic N) is 2. The molecule has 1 amide bonds. The Balaban J connectivity index is 1.55. The van der Waals surface area contributed by atoms with Crippen LogP contribution in [0.5, 0.6) is 5.75 Å². The quantitative estimate of drug-likeness (QED) is 0.439. The van der Waals surface area contributed by atoms with Crippen LogP contribution in [0, 0.1) is 6.92 Å². The third-order valence-electron chi connectivity index (χ3n) is 5.00. The third-order valence-corrected chi connectivity index (χ3v) is 7.50. The van der Waals surface area contributed by atoms with Crippen LogP contribution in [0.2, 0.25) is 0 Å². The first-order valence-electron chi connectivity index (χ1n) is 10.3. The number of ether oxygens (including phenoxy) is 1. The number of amides is 1. The number of nitrogens with one attached hydrogen (secondary N) is 1. The second kappa shape index (κ2) is 9.21. The molecule has 3 aromatic carbocycles. The first-order chi connectivity index (χ1) is 15.8. The first-order valence-corrected chi connectivity index (χ1v) is 12.6. The Morgan fingerprint density at radius 3 is 2.42 bits per heavy atom. The Hall–Kier alpha value is -3.43. The summed E-state index contributed by atoms with van der Waals surface area (Å²) < 4.78 is 36.0. The molecule has 9 heteroatoms. The van der Waals surface area contributed by atoms with E-state index in [4.69, 9.17) is 4.74 Å². The summed E-state index contributed by atoms with van der Waals surface area (Å²) in [5.41, 5.74) is 2.65. The van der Waals surface area contributed by atoms with Crippen LogP contribution in [0.4, 0.5) is 5.69 Å². The summed E-state index contributed by atoms with van der Waals surface area (Å²) >= 11 is 1.40. The number of fused-ring (bicyclic) bond motifs is 1. The van der Waals surface area contributed by atoms with E-state index in [2.05, 4.69) is 9.71 Å². The molecule has 0 unspecified atom stereocenters. The Bertz CT molecular complexity index is 1480. The summed E-state index contributed by atoms with van der Waals surface area (Å²) in [7, 11) is -1.85. The second-order valence-corrected chi connectivity index (χ2v) is 10.1. The molecule has 4 aromatic rings. The van der Waals surface area contributed by atoms with Gasteiger partial charge in [0.05, 0.1) is 21.7 Å². The molecule has 170 valence electrons. The van der Waals surface area contributed by atoms with Crippen molar-refractivity contribution < 1.29 is 17.9 Å². The van der Waals surface area contributed by atoms with Crippen LogP contribution in [0.15, 0.2) is 76.6 Å². The zero-order chi connectivity index (χ0) is 23.6. The zero-order valence-corrected chi connectivity index (χ0v) is 20.0. The average Bonchev–Trinajstić information content (AvgIpc) is 3.09. The maximum Gasteiger partial charge on any atom is 0.279 e. The highest BCUT2D eigenvalue weighted by atomic mass is 32.2. The van der Waals surface area contributed by atoms with Gasteiger partial charge in [0.1, 0.15) is 5.75 Å². The highest BCUT2D eigenvalue weighted by molar-refractivity contribution is 7.92. The predicted octanol–water partition coefficient (Wildman–Crippen LogP) is 4.49. The summed E-state index contributed by atoms with van der Waals surface area (Å²) in [6, 6.07) is 18.6. The largest absolute Gasteiger partial charge is 0.494 e. The minimum Gasteiger partial charge on any atom is -0.494 e. The molecule has 1 aromatic heterocycles. The molecule has 0 aliphatic heterocycles. The van der Waals surface area contributed by atoms with E-state index in [1.54, 1.807) is 48.5 Å². The van der Waals surface area contributed by atoms with Crippen LogP contribution < -0.4 is 14.3 Å². The van der Waals surface area contributed by atoms with E-state index in [0.717, 1.165) is 21.5 Å². The first kappa shape index (κ1) is 22.8. The zero-order valence-electron chi connectivity index (χ0n) is 18.4. The van der Waals surface area contributed by atoms with E-state index in [1.807, 2.05) is 43.7 Å². The number of sulfonamides is 1. The fraction of sp³-hybridized carbons (Fsp3) is 0.167. The van der Waals surface area contributed by atoms with E-state index in [0.29, 0.717) is 22.7 Å². The number of carbonyl (C=O) groups is 1. The van der Waals surface area contributed by atoms with Gasteiger partial charge in [0.25, 0.3) is 15.9 Å². The minimum absolute atomic E-state index is 0.174. The molecule has 0 atom stereocenters. The average molecular weight is 482 g/mol. The molecule has 0 saturated heterocycles. The highest BCUT2D eigenvalue weighted by Crippen LogP contribution is 2.23. The van der Waals surface area contributed by atoms with Crippen LogP contribution in [-0.4, -0.2) is 25.5 Å². The van der Waals surface area contributed by atoms with Gasteiger partial charge in [-0.05, 0) is 68.4 Å². The normalized spacial score (nSPS) is 12.2. The smallest absolute Gasteiger partial charge is 0.279 e. The number of hydrogen-bond acceptors (Lipinski definition) is 5.